The van der Waals surface area contributed by atoms with E-state index in [4.69, 9.17) is 11.6 Å². The molecule has 1 amide bonds. The highest BCUT2D eigenvalue weighted by atomic mass is 35.5. The Balaban J connectivity index is 1.27. The number of aromatic nitrogens is 2. The van der Waals surface area contributed by atoms with Gasteiger partial charge < -0.3 is 4.90 Å². The third kappa shape index (κ3) is 4.51. The third-order valence-corrected chi connectivity index (χ3v) is 5.82. The van der Waals surface area contributed by atoms with Crippen LogP contribution >= 0.6 is 11.6 Å². The number of aryl methyl sites for hydroxylation is 1. The van der Waals surface area contributed by atoms with Gasteiger partial charge in [-0.25, -0.2) is 4.39 Å². The lowest BCUT2D eigenvalue weighted by molar-refractivity contribution is -0.131. The van der Waals surface area contributed by atoms with Gasteiger partial charge in [0.05, 0.1) is 5.69 Å². The number of nitrogens with one attached hydrogen (secondary N) is 1. The SMILES string of the molecule is CN(CCCc1cc(-c2cccc(F)c2)n[nH]1)C(=O)C1CC1c1ccccc1Cl. The summed E-state index contributed by atoms with van der Waals surface area (Å²) in [5, 5.41) is 8.01. The van der Waals surface area contributed by atoms with E-state index in [1.54, 1.807) is 6.07 Å². The van der Waals surface area contributed by atoms with E-state index in [9.17, 15) is 9.18 Å². The predicted octanol–water partition coefficient (Wildman–Crippen LogP) is 5.06. The first-order valence-electron chi connectivity index (χ1n) is 9.82. The van der Waals surface area contributed by atoms with Gasteiger partial charge in [-0.15, -0.1) is 0 Å². The lowest BCUT2D eigenvalue weighted by Gasteiger charge is -2.17. The van der Waals surface area contributed by atoms with Crippen LogP contribution in [0, 0.1) is 11.7 Å². The zero-order valence-corrected chi connectivity index (χ0v) is 17.0. The topological polar surface area (TPSA) is 49.0 Å². The molecule has 29 heavy (non-hydrogen) atoms. The van der Waals surface area contributed by atoms with E-state index in [0.29, 0.717) is 6.54 Å². The molecule has 4 rings (SSSR count). The second-order valence-electron chi connectivity index (χ2n) is 7.62. The molecule has 2 unspecified atom stereocenters. The van der Waals surface area contributed by atoms with Crippen molar-refractivity contribution in [3.8, 4) is 11.3 Å². The molecule has 1 aliphatic carbocycles. The van der Waals surface area contributed by atoms with Crippen molar-refractivity contribution in [2.75, 3.05) is 13.6 Å². The first kappa shape index (κ1) is 19.6. The summed E-state index contributed by atoms with van der Waals surface area (Å²) in [6.45, 7) is 0.679. The molecule has 0 spiro atoms. The fourth-order valence-corrected chi connectivity index (χ4v) is 4.05. The van der Waals surface area contributed by atoms with Crippen molar-refractivity contribution < 1.29 is 9.18 Å². The number of carbonyl (C=O) groups excluding carboxylic acids is 1. The summed E-state index contributed by atoms with van der Waals surface area (Å²) in [6.07, 6.45) is 2.47. The minimum Gasteiger partial charge on any atom is -0.345 e. The molecule has 1 heterocycles. The van der Waals surface area contributed by atoms with Crippen LogP contribution in [0.2, 0.25) is 5.02 Å². The molecular weight excluding hydrogens is 389 g/mol. The molecule has 1 aromatic heterocycles. The average Bonchev–Trinajstić information content (AvgIpc) is 3.36. The predicted molar refractivity (Wildman–Crippen MR) is 112 cm³/mol. The lowest BCUT2D eigenvalue weighted by atomic mass is 10.1. The minimum absolute atomic E-state index is 0.0339. The molecule has 4 nitrogen and oxygen atoms in total. The summed E-state index contributed by atoms with van der Waals surface area (Å²) in [5.74, 6) is 0.175. The zero-order valence-electron chi connectivity index (χ0n) is 16.2. The van der Waals surface area contributed by atoms with Gasteiger partial charge in [-0.05, 0) is 55.0 Å². The summed E-state index contributed by atoms with van der Waals surface area (Å²) in [6, 6.07) is 16.1. The summed E-state index contributed by atoms with van der Waals surface area (Å²) in [7, 11) is 1.86. The standard InChI is InChI=1S/C23H23ClFN3O/c1-28(23(29)20-14-19(20)18-9-2-3-10-21(18)24)11-5-8-17-13-22(27-26-17)15-6-4-7-16(25)12-15/h2-4,6-7,9-10,12-13,19-20H,5,8,11,14H2,1H3,(H,26,27). The van der Waals surface area contributed by atoms with Gasteiger partial charge in [0.15, 0.2) is 0 Å². The Morgan fingerprint density at radius 3 is 2.86 bits per heavy atom. The molecular formula is C23H23ClFN3O. The fraction of sp³-hybridized carbons (Fsp3) is 0.304. The molecule has 6 heteroatoms. The molecule has 1 N–H and O–H groups in total. The quantitative estimate of drug-likeness (QED) is 0.590. The van der Waals surface area contributed by atoms with Crippen molar-refractivity contribution in [1.29, 1.82) is 0 Å². The summed E-state index contributed by atoms with van der Waals surface area (Å²) in [5.41, 5.74) is 3.53. The van der Waals surface area contributed by atoms with Crippen LogP contribution in [-0.2, 0) is 11.2 Å². The van der Waals surface area contributed by atoms with Gasteiger partial charge in [-0.3, -0.25) is 9.89 Å². The van der Waals surface area contributed by atoms with E-state index in [2.05, 4.69) is 10.2 Å². The van der Waals surface area contributed by atoms with Gasteiger partial charge in [0.2, 0.25) is 5.91 Å². The number of nitrogens with zero attached hydrogens (tertiary/aromatic N) is 2. The molecule has 0 saturated heterocycles. The minimum atomic E-state index is -0.276. The number of H-pyrrole nitrogens is 1. The maximum absolute atomic E-state index is 13.4. The Kier molecular flexibility index (Phi) is 5.67. The van der Waals surface area contributed by atoms with E-state index in [0.717, 1.165) is 46.8 Å². The van der Waals surface area contributed by atoms with Gasteiger partial charge in [-0.1, -0.05) is 41.9 Å². The number of rotatable bonds is 7. The second kappa shape index (κ2) is 8.37. The molecule has 1 aliphatic rings. The van der Waals surface area contributed by atoms with E-state index < -0.39 is 0 Å². The van der Waals surface area contributed by atoms with Crippen molar-refractivity contribution in [2.45, 2.75) is 25.2 Å². The van der Waals surface area contributed by atoms with Gasteiger partial charge in [0.1, 0.15) is 5.82 Å². The van der Waals surface area contributed by atoms with Crippen LogP contribution in [0.1, 0.15) is 30.0 Å². The summed E-state index contributed by atoms with van der Waals surface area (Å²) < 4.78 is 13.4. The number of hydrogen-bond donors (Lipinski definition) is 1. The molecule has 2 aromatic carbocycles. The Labute approximate surface area is 174 Å². The normalized spacial score (nSPS) is 17.9. The lowest BCUT2D eigenvalue weighted by Crippen LogP contribution is -2.29. The second-order valence-corrected chi connectivity index (χ2v) is 8.03. The van der Waals surface area contributed by atoms with Crippen molar-refractivity contribution in [1.82, 2.24) is 15.1 Å². The fourth-order valence-electron chi connectivity index (χ4n) is 3.77. The average molecular weight is 412 g/mol. The van der Waals surface area contributed by atoms with Crippen molar-refractivity contribution in [3.63, 3.8) is 0 Å². The zero-order chi connectivity index (χ0) is 20.4. The number of carbonyl (C=O) groups is 1. The van der Waals surface area contributed by atoms with Crippen LogP contribution in [0.25, 0.3) is 11.3 Å². The van der Waals surface area contributed by atoms with Crippen LogP contribution < -0.4 is 0 Å². The number of aromatic amines is 1. The molecule has 0 radical (unpaired) electrons. The Morgan fingerprint density at radius 1 is 1.24 bits per heavy atom. The van der Waals surface area contributed by atoms with Crippen molar-refractivity contribution >= 4 is 17.5 Å². The molecule has 1 saturated carbocycles. The van der Waals surface area contributed by atoms with Crippen molar-refractivity contribution in [2.24, 2.45) is 5.92 Å². The number of amides is 1. The number of halogens is 2. The highest BCUT2D eigenvalue weighted by Gasteiger charge is 2.45. The van der Waals surface area contributed by atoms with Gasteiger partial charge in [-0.2, -0.15) is 5.10 Å². The van der Waals surface area contributed by atoms with E-state index in [-0.39, 0.29) is 23.6 Å². The monoisotopic (exact) mass is 411 g/mol. The first-order chi connectivity index (χ1) is 14.0. The van der Waals surface area contributed by atoms with Crippen LogP contribution in [0.3, 0.4) is 0 Å². The maximum atomic E-state index is 13.4. The van der Waals surface area contributed by atoms with E-state index in [1.807, 2.05) is 48.3 Å². The highest BCUT2D eigenvalue weighted by molar-refractivity contribution is 6.31. The van der Waals surface area contributed by atoms with Crippen LogP contribution in [0.5, 0.6) is 0 Å². The maximum Gasteiger partial charge on any atom is 0.226 e. The summed E-state index contributed by atoms with van der Waals surface area (Å²) in [4.78, 5) is 14.5. The molecule has 0 bridgehead atoms. The van der Waals surface area contributed by atoms with Gasteiger partial charge >= 0.3 is 0 Å². The Hall–Kier alpha value is -2.66. The largest absolute Gasteiger partial charge is 0.345 e. The first-order valence-corrected chi connectivity index (χ1v) is 10.2. The third-order valence-electron chi connectivity index (χ3n) is 5.48. The van der Waals surface area contributed by atoms with Gasteiger partial charge in [0.25, 0.3) is 0 Å². The Morgan fingerprint density at radius 2 is 2.07 bits per heavy atom. The van der Waals surface area contributed by atoms with E-state index >= 15 is 0 Å². The van der Waals surface area contributed by atoms with Gasteiger partial charge in [0, 0.05) is 35.8 Å². The number of hydrogen-bond acceptors (Lipinski definition) is 2. The van der Waals surface area contributed by atoms with Crippen LogP contribution in [0.4, 0.5) is 4.39 Å². The Bertz CT molecular complexity index is 1020. The van der Waals surface area contributed by atoms with Crippen molar-refractivity contribution in [3.05, 3.63) is 76.7 Å². The summed E-state index contributed by atoms with van der Waals surface area (Å²) >= 11 is 6.26. The smallest absolute Gasteiger partial charge is 0.226 e. The highest BCUT2D eigenvalue weighted by Crippen LogP contribution is 2.50. The molecule has 3 aromatic rings. The molecule has 1 fully saturated rings. The van der Waals surface area contributed by atoms with E-state index in [1.165, 1.54) is 12.1 Å². The van der Waals surface area contributed by atoms with Crippen LogP contribution in [-0.4, -0.2) is 34.6 Å². The molecule has 0 aliphatic heterocycles. The molecule has 2 atom stereocenters. The van der Waals surface area contributed by atoms with Crippen LogP contribution in [0.15, 0.2) is 54.6 Å². The number of benzene rings is 2. The molecule has 150 valence electrons.